The lowest BCUT2D eigenvalue weighted by atomic mass is 10.3. The summed E-state index contributed by atoms with van der Waals surface area (Å²) in [5.41, 5.74) is 0. The lowest BCUT2D eigenvalue weighted by Crippen LogP contribution is -2.14. The van der Waals surface area contributed by atoms with Crippen molar-refractivity contribution >= 4 is 31.6 Å². The number of rotatable bonds is 10. The predicted octanol–water partition coefficient (Wildman–Crippen LogP) is 2.28. The Kier molecular flexibility index (Phi) is 7.18. The molecule has 0 saturated heterocycles. The van der Waals surface area contributed by atoms with Crippen LogP contribution in [0.1, 0.15) is 18.7 Å². The lowest BCUT2D eigenvalue weighted by molar-refractivity contribution is -0.116. The number of aromatic nitrogens is 2. The summed E-state index contributed by atoms with van der Waals surface area (Å²) in [5, 5.41) is 9.80. The van der Waals surface area contributed by atoms with Gasteiger partial charge in [0.1, 0.15) is 0 Å². The van der Waals surface area contributed by atoms with Crippen molar-refractivity contribution < 1.29 is 26.0 Å². The molecule has 0 aliphatic rings. The fourth-order valence-electron chi connectivity index (χ4n) is 2.72. The van der Waals surface area contributed by atoms with Crippen molar-refractivity contribution in [3.8, 4) is 0 Å². The number of nitrogens with zero attached hydrogens (tertiary/aromatic N) is 2. The Morgan fingerprint density at radius 2 is 1.35 bits per heavy atom. The van der Waals surface area contributed by atoms with Crippen LogP contribution in [0.5, 0.6) is 0 Å². The molecule has 1 amide bonds. The van der Waals surface area contributed by atoms with Crippen LogP contribution in [0.25, 0.3) is 0 Å². The van der Waals surface area contributed by atoms with Gasteiger partial charge in [0.2, 0.25) is 11.8 Å². The van der Waals surface area contributed by atoms with Crippen LogP contribution in [0, 0.1) is 0 Å². The number of nitrogens with one attached hydrogen (secondary N) is 1. The Hall–Kier alpha value is -3.05. The molecule has 0 atom stereocenters. The zero-order valence-electron chi connectivity index (χ0n) is 16.5. The molecule has 0 unspecified atom stereocenters. The average molecular weight is 464 g/mol. The van der Waals surface area contributed by atoms with Gasteiger partial charge >= 0.3 is 6.01 Å². The highest BCUT2D eigenvalue weighted by Gasteiger charge is 2.18. The van der Waals surface area contributed by atoms with Crippen molar-refractivity contribution in [1.29, 1.82) is 0 Å². The Balaban J connectivity index is 1.47. The molecule has 3 aromatic rings. The maximum absolute atomic E-state index is 12.3. The number of hydrogen-bond donors (Lipinski definition) is 1. The van der Waals surface area contributed by atoms with Gasteiger partial charge in [0, 0.05) is 12.8 Å². The summed E-state index contributed by atoms with van der Waals surface area (Å²) in [5.74, 6) is -0.794. The number of anilines is 1. The number of aryl methyl sites for hydroxylation is 1. The molecule has 164 valence electrons. The fraction of sp³-hybridized carbons (Fsp3) is 0.250. The van der Waals surface area contributed by atoms with Gasteiger partial charge in [0.15, 0.2) is 19.7 Å². The third-order valence-corrected chi connectivity index (χ3v) is 7.87. The van der Waals surface area contributed by atoms with Crippen LogP contribution in [-0.2, 0) is 30.9 Å². The van der Waals surface area contributed by atoms with Crippen molar-refractivity contribution in [3.05, 3.63) is 66.6 Å². The van der Waals surface area contributed by atoms with E-state index >= 15 is 0 Å². The van der Waals surface area contributed by atoms with E-state index < -0.39 is 25.6 Å². The molecule has 0 saturated carbocycles. The molecule has 1 aromatic heterocycles. The zero-order chi connectivity index (χ0) is 22.3. The summed E-state index contributed by atoms with van der Waals surface area (Å²) in [7, 11) is -6.95. The van der Waals surface area contributed by atoms with E-state index in [2.05, 4.69) is 15.5 Å². The quantitative estimate of drug-likeness (QED) is 0.483. The monoisotopic (exact) mass is 463 g/mol. The molecule has 0 bridgehead atoms. The van der Waals surface area contributed by atoms with E-state index in [0.29, 0.717) is 0 Å². The van der Waals surface area contributed by atoms with Crippen LogP contribution < -0.4 is 5.32 Å². The molecule has 31 heavy (non-hydrogen) atoms. The molecule has 0 spiro atoms. The average Bonchev–Trinajstić information content (AvgIpc) is 3.21. The van der Waals surface area contributed by atoms with Gasteiger partial charge in [0.25, 0.3) is 0 Å². The smallest absolute Gasteiger partial charge is 0.322 e. The van der Waals surface area contributed by atoms with Gasteiger partial charge in [-0.25, -0.2) is 16.8 Å². The van der Waals surface area contributed by atoms with E-state index in [1.165, 1.54) is 24.3 Å². The van der Waals surface area contributed by atoms with Crippen LogP contribution in [-0.4, -0.2) is 44.4 Å². The predicted molar refractivity (Wildman–Crippen MR) is 113 cm³/mol. The number of hydrogen-bond acceptors (Lipinski definition) is 8. The first-order valence-corrected chi connectivity index (χ1v) is 12.7. The van der Waals surface area contributed by atoms with Crippen molar-refractivity contribution in [1.82, 2.24) is 10.2 Å². The summed E-state index contributed by atoms with van der Waals surface area (Å²) in [4.78, 5) is 12.4. The SMILES string of the molecule is O=C(CCCS(=O)(=O)c1ccccc1)Nc1nnc(CCS(=O)(=O)c2ccccc2)o1. The van der Waals surface area contributed by atoms with Gasteiger partial charge in [-0.15, -0.1) is 5.10 Å². The lowest BCUT2D eigenvalue weighted by Gasteiger charge is -2.04. The maximum Gasteiger partial charge on any atom is 0.322 e. The summed E-state index contributed by atoms with van der Waals surface area (Å²) in [6.07, 6.45) is 0.0704. The van der Waals surface area contributed by atoms with E-state index in [1.54, 1.807) is 36.4 Å². The highest BCUT2D eigenvalue weighted by atomic mass is 32.2. The second kappa shape index (κ2) is 9.84. The van der Waals surface area contributed by atoms with Gasteiger partial charge in [-0.05, 0) is 30.7 Å². The summed E-state index contributed by atoms with van der Waals surface area (Å²) >= 11 is 0. The third-order valence-electron chi connectivity index (χ3n) is 4.32. The molecule has 1 N–H and O–H groups in total. The fourth-order valence-corrected chi connectivity index (χ4v) is 5.31. The topological polar surface area (TPSA) is 136 Å². The highest BCUT2D eigenvalue weighted by Crippen LogP contribution is 2.15. The molecular formula is C20H21N3O6S2. The molecule has 0 aliphatic carbocycles. The zero-order valence-corrected chi connectivity index (χ0v) is 18.1. The summed E-state index contributed by atoms with van der Waals surface area (Å²) in [6.45, 7) is 0. The normalized spacial score (nSPS) is 11.9. The first-order valence-electron chi connectivity index (χ1n) is 9.44. The Labute approximate surface area is 180 Å². The van der Waals surface area contributed by atoms with E-state index in [9.17, 15) is 21.6 Å². The van der Waals surface area contributed by atoms with Gasteiger partial charge in [-0.2, -0.15) is 0 Å². The van der Waals surface area contributed by atoms with E-state index in [1.807, 2.05) is 0 Å². The highest BCUT2D eigenvalue weighted by molar-refractivity contribution is 7.91. The Morgan fingerprint density at radius 3 is 1.94 bits per heavy atom. The summed E-state index contributed by atoms with van der Waals surface area (Å²) < 4.78 is 54.2. The van der Waals surface area contributed by atoms with Crippen LogP contribution >= 0.6 is 0 Å². The third kappa shape index (κ3) is 6.46. The molecule has 0 fully saturated rings. The second-order valence-corrected chi connectivity index (χ2v) is 10.9. The van der Waals surface area contributed by atoms with Gasteiger partial charge in [-0.3, -0.25) is 10.1 Å². The largest absolute Gasteiger partial charge is 0.408 e. The number of sulfone groups is 2. The molecule has 1 heterocycles. The summed E-state index contributed by atoms with van der Waals surface area (Å²) in [6, 6.07) is 15.9. The van der Waals surface area contributed by atoms with Crippen LogP contribution in [0.4, 0.5) is 6.01 Å². The van der Waals surface area contributed by atoms with E-state index in [4.69, 9.17) is 4.42 Å². The number of carbonyl (C=O) groups is 1. The first-order chi connectivity index (χ1) is 14.8. The molecule has 11 heteroatoms. The second-order valence-electron chi connectivity index (χ2n) is 6.67. The van der Waals surface area contributed by atoms with E-state index in [0.717, 1.165) is 0 Å². The minimum Gasteiger partial charge on any atom is -0.408 e. The molecule has 0 aliphatic heterocycles. The van der Waals surface area contributed by atoms with Crippen LogP contribution in [0.3, 0.4) is 0 Å². The van der Waals surface area contributed by atoms with Crippen LogP contribution in [0.15, 0.2) is 74.9 Å². The number of benzene rings is 2. The first kappa shape index (κ1) is 22.6. The maximum atomic E-state index is 12.3. The van der Waals surface area contributed by atoms with Crippen molar-refractivity contribution in [2.45, 2.75) is 29.1 Å². The van der Waals surface area contributed by atoms with Crippen molar-refractivity contribution in [2.24, 2.45) is 0 Å². The van der Waals surface area contributed by atoms with Crippen LogP contribution in [0.2, 0.25) is 0 Å². The molecule has 3 rings (SSSR count). The van der Waals surface area contributed by atoms with Crippen molar-refractivity contribution in [2.75, 3.05) is 16.8 Å². The molecule has 2 aromatic carbocycles. The number of carbonyl (C=O) groups excluding carboxylic acids is 1. The molecule has 9 nitrogen and oxygen atoms in total. The molecular weight excluding hydrogens is 442 g/mol. The minimum absolute atomic E-state index is 0.00455. The number of amides is 1. The standard InChI is InChI=1S/C20H21N3O6S2/c24-18(12-7-14-30(25,26)16-8-3-1-4-9-16)21-20-23-22-19(29-20)13-15-31(27,28)17-10-5-2-6-11-17/h1-6,8-11H,7,12-15H2,(H,21,23,24). The van der Waals surface area contributed by atoms with Crippen molar-refractivity contribution in [3.63, 3.8) is 0 Å². The Morgan fingerprint density at radius 1 is 0.806 bits per heavy atom. The van der Waals surface area contributed by atoms with E-state index in [-0.39, 0.29) is 52.5 Å². The minimum atomic E-state index is -3.49. The molecule has 0 radical (unpaired) electrons. The van der Waals surface area contributed by atoms with Gasteiger partial charge in [0.05, 0.1) is 21.3 Å². The Bertz CT molecular complexity index is 1220. The van der Waals surface area contributed by atoms with Gasteiger partial charge < -0.3 is 4.42 Å². The van der Waals surface area contributed by atoms with Gasteiger partial charge in [-0.1, -0.05) is 41.5 Å².